The van der Waals surface area contributed by atoms with Gasteiger partial charge in [0.1, 0.15) is 0 Å². The van der Waals surface area contributed by atoms with Crippen molar-refractivity contribution in [3.63, 3.8) is 0 Å². The molecule has 0 aromatic rings. The average Bonchev–Trinajstić information content (AvgIpc) is 2.41. The lowest BCUT2D eigenvalue weighted by Crippen LogP contribution is -2.00. The number of rotatable bonds is 6. The first-order valence-electron chi connectivity index (χ1n) is 7.24. The van der Waals surface area contributed by atoms with Crippen molar-refractivity contribution in [2.45, 2.75) is 41.5 Å². The Morgan fingerprint density at radius 3 is 1.76 bits per heavy atom. The molecule has 0 bridgehead atoms. The fourth-order valence-corrected chi connectivity index (χ4v) is 1.39. The van der Waals surface area contributed by atoms with Gasteiger partial charge in [0, 0.05) is 0 Å². The summed E-state index contributed by atoms with van der Waals surface area (Å²) in [6.45, 7) is 16.2. The van der Waals surface area contributed by atoms with Gasteiger partial charge in [0.05, 0.1) is 20.5 Å². The molecule has 1 N–H and O–H groups in total. The van der Waals surface area contributed by atoms with E-state index in [0.29, 0.717) is 11.5 Å². The molecule has 0 atom stereocenters. The Balaban J connectivity index is 0. The van der Waals surface area contributed by atoms with Crippen LogP contribution < -0.4 is 0 Å². The van der Waals surface area contributed by atoms with E-state index in [2.05, 4.69) is 27.4 Å². The molecule has 0 rings (SSSR count). The predicted molar refractivity (Wildman–Crippen MR) is 91.1 cm³/mol. The van der Waals surface area contributed by atoms with Crippen LogP contribution in [0.25, 0.3) is 0 Å². The van der Waals surface area contributed by atoms with Crippen LogP contribution >= 0.6 is 0 Å². The van der Waals surface area contributed by atoms with Gasteiger partial charge in [-0.15, -0.1) is 0 Å². The molecule has 0 aliphatic heterocycles. The number of hydrogen-bond acceptors (Lipinski definition) is 3. The Morgan fingerprint density at radius 2 is 1.52 bits per heavy atom. The van der Waals surface area contributed by atoms with Crippen LogP contribution in [0.1, 0.15) is 41.5 Å². The Hall–Kier alpha value is -1.64. The summed E-state index contributed by atoms with van der Waals surface area (Å²) in [5.74, 6) is 2.05. The normalized spacial score (nSPS) is 13.0. The van der Waals surface area contributed by atoms with Crippen LogP contribution in [0.5, 0.6) is 0 Å². The highest BCUT2D eigenvalue weighted by Crippen LogP contribution is 2.23. The molecular formula is C18H32O3. The summed E-state index contributed by atoms with van der Waals surface area (Å²) in [5, 5.41) is 9.25. The maximum Gasteiger partial charge on any atom is 0.160 e. The van der Waals surface area contributed by atoms with Crippen LogP contribution in [-0.2, 0) is 9.47 Å². The van der Waals surface area contributed by atoms with Crippen molar-refractivity contribution in [3.8, 4) is 0 Å². The molecule has 0 fully saturated rings. The summed E-state index contributed by atoms with van der Waals surface area (Å²) in [6.07, 6.45) is 4.83. The second-order valence-electron chi connectivity index (χ2n) is 5.56. The van der Waals surface area contributed by atoms with Crippen LogP contribution in [0.15, 0.2) is 47.7 Å². The van der Waals surface area contributed by atoms with Crippen molar-refractivity contribution >= 4 is 0 Å². The molecule has 0 aromatic heterocycles. The molecule has 0 spiro atoms. The van der Waals surface area contributed by atoms with Crippen LogP contribution in [0.3, 0.4) is 0 Å². The second-order valence-corrected chi connectivity index (χ2v) is 5.56. The quantitative estimate of drug-likeness (QED) is 0.528. The number of aliphatic hydroxyl groups is 1. The molecule has 0 unspecified atom stereocenters. The predicted octanol–water partition coefficient (Wildman–Crippen LogP) is 5.38. The Morgan fingerprint density at radius 1 is 1.05 bits per heavy atom. The SMILES string of the molecule is C=C(OC)\C(=C/C(=C\C)C(=C/O)/C(C)C)OC.CC(C)C. The van der Waals surface area contributed by atoms with Crippen LogP contribution in [-0.4, -0.2) is 19.3 Å². The number of aliphatic hydroxyl groups excluding tert-OH is 1. The van der Waals surface area contributed by atoms with Crippen molar-refractivity contribution in [1.82, 2.24) is 0 Å². The first-order chi connectivity index (χ1) is 9.74. The zero-order chi connectivity index (χ0) is 17.0. The van der Waals surface area contributed by atoms with Gasteiger partial charge in [0.2, 0.25) is 0 Å². The molecule has 0 saturated heterocycles. The van der Waals surface area contributed by atoms with Crippen molar-refractivity contribution < 1.29 is 14.6 Å². The summed E-state index contributed by atoms with van der Waals surface area (Å²) in [4.78, 5) is 0. The zero-order valence-electron chi connectivity index (χ0n) is 14.9. The minimum atomic E-state index is 0.219. The zero-order valence-corrected chi connectivity index (χ0v) is 14.9. The molecule has 0 heterocycles. The highest BCUT2D eigenvalue weighted by Gasteiger charge is 2.10. The van der Waals surface area contributed by atoms with E-state index in [-0.39, 0.29) is 5.92 Å². The van der Waals surface area contributed by atoms with Crippen LogP contribution in [0.2, 0.25) is 0 Å². The van der Waals surface area contributed by atoms with Gasteiger partial charge in [-0.1, -0.05) is 47.3 Å². The monoisotopic (exact) mass is 296 g/mol. The van der Waals surface area contributed by atoms with E-state index in [4.69, 9.17) is 9.47 Å². The van der Waals surface area contributed by atoms with Gasteiger partial charge in [-0.2, -0.15) is 0 Å². The third-order valence-electron chi connectivity index (χ3n) is 2.43. The molecule has 122 valence electrons. The molecule has 0 aromatic carbocycles. The molecule has 3 heteroatoms. The molecule has 0 aliphatic rings. The highest BCUT2D eigenvalue weighted by atomic mass is 16.5. The Kier molecular flexibility index (Phi) is 12.5. The topological polar surface area (TPSA) is 38.7 Å². The van der Waals surface area contributed by atoms with Crippen molar-refractivity contribution in [2.75, 3.05) is 14.2 Å². The highest BCUT2D eigenvalue weighted by molar-refractivity contribution is 5.42. The largest absolute Gasteiger partial charge is 0.515 e. The van der Waals surface area contributed by atoms with E-state index in [9.17, 15) is 5.11 Å². The summed E-state index contributed by atoms with van der Waals surface area (Å²) < 4.78 is 10.2. The first kappa shape index (κ1) is 21.7. The third kappa shape index (κ3) is 9.83. The summed E-state index contributed by atoms with van der Waals surface area (Å²) in [7, 11) is 3.09. The minimum absolute atomic E-state index is 0.219. The van der Waals surface area contributed by atoms with E-state index in [1.165, 1.54) is 7.11 Å². The van der Waals surface area contributed by atoms with Crippen molar-refractivity contribution in [2.24, 2.45) is 11.8 Å². The smallest absolute Gasteiger partial charge is 0.160 e. The maximum absolute atomic E-state index is 9.25. The molecule has 0 amide bonds. The molecule has 0 saturated carbocycles. The van der Waals surface area contributed by atoms with Gasteiger partial charge >= 0.3 is 0 Å². The minimum Gasteiger partial charge on any atom is -0.515 e. The molecule has 0 radical (unpaired) electrons. The van der Waals surface area contributed by atoms with Gasteiger partial charge in [-0.3, -0.25) is 0 Å². The van der Waals surface area contributed by atoms with Crippen molar-refractivity contribution in [1.29, 1.82) is 0 Å². The summed E-state index contributed by atoms with van der Waals surface area (Å²) in [5.41, 5.74) is 1.73. The third-order valence-corrected chi connectivity index (χ3v) is 2.43. The van der Waals surface area contributed by atoms with Crippen LogP contribution in [0, 0.1) is 11.8 Å². The summed E-state index contributed by atoms with van der Waals surface area (Å²) >= 11 is 0. The first-order valence-corrected chi connectivity index (χ1v) is 7.24. The Labute approximate surface area is 130 Å². The van der Waals surface area contributed by atoms with Gasteiger partial charge in [0.15, 0.2) is 11.5 Å². The molecule has 0 aliphatic carbocycles. The lowest BCUT2D eigenvalue weighted by atomic mass is 9.95. The lowest BCUT2D eigenvalue weighted by Gasteiger charge is -2.13. The van der Waals surface area contributed by atoms with Crippen molar-refractivity contribution in [3.05, 3.63) is 47.7 Å². The van der Waals surface area contributed by atoms with Gasteiger partial charge in [-0.05, 0) is 36.0 Å². The van der Waals surface area contributed by atoms with E-state index < -0.39 is 0 Å². The van der Waals surface area contributed by atoms with Gasteiger partial charge in [-0.25, -0.2) is 0 Å². The number of ether oxygens (including phenoxy) is 2. The number of methoxy groups -OCH3 is 2. The number of hydrogen-bond donors (Lipinski definition) is 1. The van der Waals surface area contributed by atoms with E-state index >= 15 is 0 Å². The van der Waals surface area contributed by atoms with Gasteiger partial charge < -0.3 is 14.6 Å². The van der Waals surface area contributed by atoms with E-state index in [0.717, 1.165) is 23.3 Å². The van der Waals surface area contributed by atoms with E-state index in [1.54, 1.807) is 13.2 Å². The summed E-state index contributed by atoms with van der Waals surface area (Å²) in [6, 6.07) is 0. The fourth-order valence-electron chi connectivity index (χ4n) is 1.39. The van der Waals surface area contributed by atoms with Gasteiger partial charge in [0.25, 0.3) is 0 Å². The average molecular weight is 296 g/mol. The van der Waals surface area contributed by atoms with Crippen LogP contribution in [0.4, 0.5) is 0 Å². The standard InChI is InChI=1S/C14H22O3.C4H10/c1-7-12(13(9-15)10(2)3)8-14(17-6)11(4)16-5;1-4(2)3/h7-10,15H,4H2,1-3,5-6H3;4H,1-3H3/b12-7+,13-9+,14-8+;. The maximum atomic E-state index is 9.25. The molecule has 3 nitrogen and oxygen atoms in total. The van der Waals surface area contributed by atoms with E-state index in [1.807, 2.05) is 26.8 Å². The molecule has 21 heavy (non-hydrogen) atoms. The fraction of sp³-hybridized carbons (Fsp3) is 0.556. The molecular weight excluding hydrogens is 264 g/mol. The number of allylic oxidation sites excluding steroid dienone is 4. The lowest BCUT2D eigenvalue weighted by molar-refractivity contribution is 0.221. The second kappa shape index (κ2) is 12.1. The Bertz CT molecular complexity index is 383.